The zero-order valence-corrected chi connectivity index (χ0v) is 18.9. The summed E-state index contributed by atoms with van der Waals surface area (Å²) in [7, 11) is -3.91. The number of nitro groups is 1. The fraction of sp³-hybridized carbons (Fsp3) is 0.130. The van der Waals surface area contributed by atoms with Gasteiger partial charge in [0.25, 0.3) is 0 Å². The molecule has 1 atom stereocenters. The van der Waals surface area contributed by atoms with Crippen LogP contribution in [-0.4, -0.2) is 30.6 Å². The van der Waals surface area contributed by atoms with Gasteiger partial charge in [-0.2, -0.15) is 5.10 Å². The number of benzene rings is 3. The zero-order valence-electron chi connectivity index (χ0n) is 18.1. The Hall–Kier alpha value is -4.09. The molecule has 0 bridgehead atoms. The molecule has 0 aliphatic carbocycles. The molecule has 0 saturated carbocycles. The van der Waals surface area contributed by atoms with Crippen molar-refractivity contribution in [2.24, 2.45) is 5.10 Å². The molecule has 0 radical (unpaired) electrons. The minimum atomic E-state index is -3.91. The number of carbonyl (C=O) groups excluding carboxylic acids is 1. The molecule has 0 spiro atoms. The molecule has 1 amide bonds. The van der Waals surface area contributed by atoms with E-state index >= 15 is 0 Å². The molecule has 0 heterocycles. The summed E-state index contributed by atoms with van der Waals surface area (Å²) in [6, 6.07) is 17.8. The molecule has 0 aliphatic rings. The quantitative estimate of drug-likeness (QED) is 0.242. The number of amides is 1. The Balaban J connectivity index is 1.73. The summed E-state index contributed by atoms with van der Waals surface area (Å²) in [5.41, 5.74) is 3.58. The van der Waals surface area contributed by atoms with E-state index in [1.54, 1.807) is 42.5 Å². The molecular weight excluding hydrogens is 460 g/mol. The molecule has 3 aromatic rings. The van der Waals surface area contributed by atoms with Crippen molar-refractivity contribution in [3.8, 4) is 5.75 Å². The number of sulfonamides is 1. The maximum absolute atomic E-state index is 12.9. The molecular formula is C23H22N4O6S. The van der Waals surface area contributed by atoms with Gasteiger partial charge in [-0.3, -0.25) is 14.9 Å². The van der Waals surface area contributed by atoms with Crippen molar-refractivity contribution < 1.29 is 23.2 Å². The number of nitrogens with one attached hydrogen (secondary N) is 2. The average molecular weight is 483 g/mol. The zero-order chi connectivity index (χ0) is 24.7. The van der Waals surface area contributed by atoms with Crippen LogP contribution >= 0.6 is 0 Å². The maximum atomic E-state index is 12.9. The monoisotopic (exact) mass is 482 g/mol. The van der Waals surface area contributed by atoms with Gasteiger partial charge in [-0.1, -0.05) is 48.0 Å². The fourth-order valence-corrected chi connectivity index (χ4v) is 4.29. The van der Waals surface area contributed by atoms with Gasteiger partial charge in [-0.15, -0.1) is 0 Å². The third-order valence-corrected chi connectivity index (χ3v) is 6.31. The number of phenols is 1. The average Bonchev–Trinajstić information content (AvgIpc) is 2.80. The van der Waals surface area contributed by atoms with Crippen LogP contribution in [0.2, 0.25) is 0 Å². The van der Waals surface area contributed by atoms with E-state index in [4.69, 9.17) is 0 Å². The summed E-state index contributed by atoms with van der Waals surface area (Å²) < 4.78 is 28.3. The number of rotatable bonds is 9. The number of hydrazone groups is 1. The lowest BCUT2D eigenvalue weighted by molar-refractivity contribution is -0.385. The van der Waals surface area contributed by atoms with Gasteiger partial charge in [0.2, 0.25) is 15.9 Å². The van der Waals surface area contributed by atoms with Crippen LogP contribution in [0.4, 0.5) is 5.69 Å². The summed E-state index contributed by atoms with van der Waals surface area (Å²) in [5.74, 6) is -1.07. The lowest BCUT2D eigenvalue weighted by atomic mass is 10.0. The first-order valence-electron chi connectivity index (χ1n) is 10.1. The number of aryl methyl sites for hydroxylation is 1. The summed E-state index contributed by atoms with van der Waals surface area (Å²) in [6.45, 7) is 1.85. The molecule has 0 aliphatic heterocycles. The van der Waals surface area contributed by atoms with Crippen LogP contribution in [-0.2, 0) is 14.8 Å². The summed E-state index contributed by atoms with van der Waals surface area (Å²) in [6.07, 6.45) is 0.931. The van der Waals surface area contributed by atoms with Gasteiger partial charge in [-0.25, -0.2) is 18.6 Å². The Morgan fingerprint density at radius 2 is 1.79 bits per heavy atom. The first kappa shape index (κ1) is 24.6. The second-order valence-corrected chi connectivity index (χ2v) is 9.11. The number of nitrogens with zero attached hydrogens (tertiary/aromatic N) is 2. The molecule has 3 N–H and O–H groups in total. The van der Waals surface area contributed by atoms with Crippen LogP contribution in [0.1, 0.15) is 29.2 Å². The molecule has 0 fully saturated rings. The van der Waals surface area contributed by atoms with Crippen molar-refractivity contribution in [2.75, 3.05) is 0 Å². The highest BCUT2D eigenvalue weighted by molar-refractivity contribution is 7.89. The molecule has 10 nitrogen and oxygen atoms in total. The van der Waals surface area contributed by atoms with Crippen LogP contribution in [0.5, 0.6) is 5.75 Å². The van der Waals surface area contributed by atoms with E-state index in [2.05, 4.69) is 15.2 Å². The topological polar surface area (TPSA) is 151 Å². The Morgan fingerprint density at radius 1 is 1.12 bits per heavy atom. The maximum Gasteiger partial charge on any atom is 0.311 e. The van der Waals surface area contributed by atoms with E-state index in [1.165, 1.54) is 24.4 Å². The molecule has 11 heteroatoms. The number of carbonyl (C=O) groups is 1. The van der Waals surface area contributed by atoms with Gasteiger partial charge in [0.15, 0.2) is 5.75 Å². The smallest absolute Gasteiger partial charge is 0.311 e. The van der Waals surface area contributed by atoms with E-state index in [1.807, 2.05) is 6.92 Å². The molecule has 3 aromatic carbocycles. The molecule has 176 valence electrons. The minimum Gasteiger partial charge on any atom is -0.502 e. The van der Waals surface area contributed by atoms with Gasteiger partial charge in [-0.05, 0) is 36.8 Å². The second kappa shape index (κ2) is 10.7. The number of hydrogen-bond acceptors (Lipinski definition) is 7. The predicted molar refractivity (Wildman–Crippen MR) is 126 cm³/mol. The molecule has 0 unspecified atom stereocenters. The Morgan fingerprint density at radius 3 is 2.44 bits per heavy atom. The third-order valence-electron chi connectivity index (χ3n) is 4.82. The number of aromatic hydroxyl groups is 1. The van der Waals surface area contributed by atoms with E-state index in [9.17, 15) is 28.4 Å². The predicted octanol–water partition coefficient (Wildman–Crippen LogP) is 3.17. The third kappa shape index (κ3) is 6.47. The van der Waals surface area contributed by atoms with Crippen molar-refractivity contribution in [3.05, 3.63) is 99.6 Å². The van der Waals surface area contributed by atoms with Crippen LogP contribution in [0, 0.1) is 17.0 Å². The van der Waals surface area contributed by atoms with Crippen molar-refractivity contribution in [1.29, 1.82) is 0 Å². The Labute approximate surface area is 196 Å². The van der Waals surface area contributed by atoms with Crippen LogP contribution in [0.3, 0.4) is 0 Å². The number of nitro benzene ring substituents is 1. The van der Waals surface area contributed by atoms with E-state index in [0.29, 0.717) is 5.56 Å². The highest BCUT2D eigenvalue weighted by atomic mass is 32.2. The highest BCUT2D eigenvalue weighted by Crippen LogP contribution is 2.25. The standard InChI is InChI=1S/C23H22N4O6S/c1-16-7-10-19(11-8-16)34(32,33)26-20(18-5-3-2-4-6-18)14-23(29)25-24-15-17-9-12-22(28)21(13-17)27(30)31/h2-13,15,20,26,28H,14H2,1H3,(H,25,29)/b24-15-/t20-/m1/s1. The Kier molecular flexibility index (Phi) is 7.71. The summed E-state index contributed by atoms with van der Waals surface area (Å²) in [4.78, 5) is 22.8. The van der Waals surface area contributed by atoms with Gasteiger partial charge in [0.1, 0.15) is 0 Å². The first-order valence-corrected chi connectivity index (χ1v) is 11.6. The van der Waals surface area contributed by atoms with Gasteiger partial charge in [0.05, 0.1) is 22.1 Å². The van der Waals surface area contributed by atoms with Crippen LogP contribution < -0.4 is 10.1 Å². The minimum absolute atomic E-state index is 0.0754. The first-order chi connectivity index (χ1) is 16.2. The molecule has 0 aromatic heterocycles. The van der Waals surface area contributed by atoms with Gasteiger partial charge >= 0.3 is 5.69 Å². The van der Waals surface area contributed by atoms with Gasteiger partial charge < -0.3 is 5.11 Å². The lowest BCUT2D eigenvalue weighted by Gasteiger charge is -2.18. The number of phenolic OH excluding ortho intramolecular Hbond substituents is 1. The van der Waals surface area contributed by atoms with Crippen LogP contribution in [0.15, 0.2) is 82.8 Å². The normalized spacial score (nSPS) is 12.4. The van der Waals surface area contributed by atoms with Crippen molar-refractivity contribution in [2.45, 2.75) is 24.3 Å². The summed E-state index contributed by atoms with van der Waals surface area (Å²) in [5, 5.41) is 24.2. The van der Waals surface area contributed by atoms with E-state index < -0.39 is 38.3 Å². The van der Waals surface area contributed by atoms with Gasteiger partial charge in [0, 0.05) is 18.1 Å². The highest BCUT2D eigenvalue weighted by Gasteiger charge is 2.23. The summed E-state index contributed by atoms with van der Waals surface area (Å²) >= 11 is 0. The molecule has 34 heavy (non-hydrogen) atoms. The lowest BCUT2D eigenvalue weighted by Crippen LogP contribution is -2.32. The van der Waals surface area contributed by atoms with Crippen LogP contribution in [0.25, 0.3) is 0 Å². The van der Waals surface area contributed by atoms with E-state index in [-0.39, 0.29) is 16.9 Å². The Bertz CT molecular complexity index is 1310. The van der Waals surface area contributed by atoms with Crippen molar-refractivity contribution in [3.63, 3.8) is 0 Å². The fourth-order valence-electron chi connectivity index (χ4n) is 3.06. The molecule has 0 saturated heterocycles. The van der Waals surface area contributed by atoms with Crippen molar-refractivity contribution >= 4 is 27.8 Å². The van der Waals surface area contributed by atoms with Crippen molar-refractivity contribution in [1.82, 2.24) is 10.1 Å². The number of hydrogen-bond donors (Lipinski definition) is 3. The molecule has 3 rings (SSSR count). The SMILES string of the molecule is Cc1ccc(S(=O)(=O)N[C@H](CC(=O)N/N=C\c2ccc(O)c([N+](=O)[O-])c2)c2ccccc2)cc1. The second-order valence-electron chi connectivity index (χ2n) is 7.40. The largest absolute Gasteiger partial charge is 0.502 e. The van der Waals surface area contributed by atoms with E-state index in [0.717, 1.165) is 17.7 Å².